The van der Waals surface area contributed by atoms with Crippen LogP contribution in [0.1, 0.15) is 51.4 Å². The van der Waals surface area contributed by atoms with E-state index < -0.39 is 5.97 Å². The smallest absolute Gasteiger partial charge is 0.359 e. The van der Waals surface area contributed by atoms with Crippen molar-refractivity contribution in [2.45, 2.75) is 51.4 Å². The number of rotatable bonds is 14. The van der Waals surface area contributed by atoms with Gasteiger partial charge in [0.25, 0.3) is 0 Å². The fourth-order valence-corrected chi connectivity index (χ4v) is 2.36. The van der Waals surface area contributed by atoms with Gasteiger partial charge in [-0.2, -0.15) is 0 Å². The zero-order chi connectivity index (χ0) is 16.8. The van der Waals surface area contributed by atoms with Gasteiger partial charge in [-0.25, -0.2) is 4.79 Å². The first kappa shape index (κ1) is 20.8. The highest BCUT2D eigenvalue weighted by atomic mass is 19.1. The summed E-state index contributed by atoms with van der Waals surface area (Å²) in [5, 5.41) is 11.7. The monoisotopic (exact) mass is 319 g/mol. The van der Waals surface area contributed by atoms with Gasteiger partial charge in [-0.15, -0.1) is 0 Å². The minimum absolute atomic E-state index is 0.0623. The highest BCUT2D eigenvalue weighted by molar-refractivity contribution is 5.75. The highest BCUT2D eigenvalue weighted by Gasteiger charge is 2.18. The topological polar surface area (TPSA) is 66.4 Å². The van der Waals surface area contributed by atoms with Gasteiger partial charge < -0.3 is 14.9 Å². The second-order valence-corrected chi connectivity index (χ2v) is 6.47. The zero-order valence-electron chi connectivity index (χ0n) is 14.1. The average molecular weight is 319 g/mol. The maximum atomic E-state index is 11.9. The molecule has 0 aliphatic rings. The first-order chi connectivity index (χ1) is 10.4. The fraction of sp³-hybridized carbons (Fsp3) is 0.875. The molecule has 0 saturated heterocycles. The van der Waals surface area contributed by atoms with Crippen molar-refractivity contribution in [3.8, 4) is 0 Å². The van der Waals surface area contributed by atoms with Gasteiger partial charge in [-0.1, -0.05) is 25.7 Å². The molecule has 0 aliphatic carbocycles. The lowest BCUT2D eigenvalue weighted by Crippen LogP contribution is -2.45. The van der Waals surface area contributed by atoms with Crippen LogP contribution in [0.25, 0.3) is 0 Å². The van der Waals surface area contributed by atoms with E-state index in [0.29, 0.717) is 23.9 Å². The fourth-order valence-electron chi connectivity index (χ4n) is 2.36. The molecular weight excluding hydrogens is 287 g/mol. The first-order valence-electron chi connectivity index (χ1n) is 8.24. The SMILES string of the molecule is C[N+](C)(CCCNC(=O)CCCCCCCCF)CC(=O)O. The molecule has 6 heteroatoms. The molecule has 0 aromatic carbocycles. The number of hydrogen-bond acceptors (Lipinski definition) is 2. The molecule has 0 unspecified atom stereocenters. The van der Waals surface area contributed by atoms with Crippen molar-refractivity contribution in [2.75, 3.05) is 40.4 Å². The van der Waals surface area contributed by atoms with Crippen LogP contribution in [-0.4, -0.2) is 61.9 Å². The summed E-state index contributed by atoms with van der Waals surface area (Å²) in [4.78, 5) is 22.3. The Balaban J connectivity index is 3.48. The Morgan fingerprint density at radius 1 is 1.00 bits per heavy atom. The molecule has 0 fully saturated rings. The van der Waals surface area contributed by atoms with Crippen LogP contribution in [0.2, 0.25) is 0 Å². The number of carboxylic acids is 1. The van der Waals surface area contributed by atoms with Crippen molar-refractivity contribution in [1.29, 1.82) is 0 Å². The van der Waals surface area contributed by atoms with Crippen molar-refractivity contribution in [2.24, 2.45) is 0 Å². The molecule has 0 spiro atoms. The van der Waals surface area contributed by atoms with E-state index in [-0.39, 0.29) is 19.1 Å². The quantitative estimate of drug-likeness (QED) is 0.381. The number of nitrogens with one attached hydrogen (secondary N) is 1. The van der Waals surface area contributed by atoms with E-state index in [9.17, 15) is 14.0 Å². The van der Waals surface area contributed by atoms with Crippen LogP contribution >= 0.6 is 0 Å². The number of nitrogens with zero attached hydrogens (tertiary/aromatic N) is 1. The third-order valence-electron chi connectivity index (χ3n) is 3.61. The van der Waals surface area contributed by atoms with E-state index in [1.165, 1.54) is 0 Å². The third-order valence-corrected chi connectivity index (χ3v) is 3.61. The molecule has 2 N–H and O–H groups in total. The second-order valence-electron chi connectivity index (χ2n) is 6.47. The Labute approximate surface area is 133 Å². The number of likely N-dealkylation sites (N-methyl/N-ethyl adjacent to an activating group) is 1. The summed E-state index contributed by atoms with van der Waals surface area (Å²) in [6.45, 7) is 1.18. The maximum Gasteiger partial charge on any atom is 0.359 e. The summed E-state index contributed by atoms with van der Waals surface area (Å²) in [7, 11) is 3.75. The molecule has 0 heterocycles. The van der Waals surface area contributed by atoms with Gasteiger partial charge >= 0.3 is 5.97 Å². The molecule has 1 amide bonds. The molecule has 0 aliphatic heterocycles. The molecule has 0 bridgehead atoms. The third kappa shape index (κ3) is 13.8. The minimum atomic E-state index is -0.805. The maximum absolute atomic E-state index is 11.9. The van der Waals surface area contributed by atoms with E-state index >= 15 is 0 Å². The molecule has 0 radical (unpaired) electrons. The molecule has 0 rings (SSSR count). The van der Waals surface area contributed by atoms with Gasteiger partial charge in [0.15, 0.2) is 6.54 Å². The van der Waals surface area contributed by atoms with Crippen LogP contribution in [-0.2, 0) is 9.59 Å². The molecule has 0 saturated carbocycles. The van der Waals surface area contributed by atoms with Gasteiger partial charge in [0.2, 0.25) is 5.91 Å². The van der Waals surface area contributed by atoms with Crippen LogP contribution in [0.15, 0.2) is 0 Å². The van der Waals surface area contributed by atoms with Crippen molar-refractivity contribution in [3.05, 3.63) is 0 Å². The summed E-state index contributed by atoms with van der Waals surface area (Å²) in [5.41, 5.74) is 0. The summed E-state index contributed by atoms with van der Waals surface area (Å²) in [6, 6.07) is 0. The number of alkyl halides is 1. The van der Waals surface area contributed by atoms with Crippen LogP contribution in [0.4, 0.5) is 4.39 Å². The largest absolute Gasteiger partial charge is 0.477 e. The Hall–Kier alpha value is -1.17. The number of carbonyl (C=O) groups is 2. The number of quaternary nitrogens is 1. The number of amides is 1. The molecule has 0 aromatic heterocycles. The van der Waals surface area contributed by atoms with E-state index in [1.807, 2.05) is 14.1 Å². The van der Waals surface area contributed by atoms with Gasteiger partial charge in [-0.05, 0) is 12.8 Å². The molecule has 22 heavy (non-hydrogen) atoms. The Bertz CT molecular complexity index is 323. The van der Waals surface area contributed by atoms with E-state index in [0.717, 1.165) is 45.1 Å². The first-order valence-corrected chi connectivity index (χ1v) is 8.24. The van der Waals surface area contributed by atoms with Crippen molar-refractivity contribution < 1.29 is 23.6 Å². The second kappa shape index (κ2) is 12.4. The number of halogens is 1. The normalized spacial score (nSPS) is 11.4. The number of carbonyl (C=O) groups excluding carboxylic acids is 1. The van der Waals surface area contributed by atoms with E-state index in [4.69, 9.17) is 5.11 Å². The lowest BCUT2D eigenvalue weighted by Gasteiger charge is -2.27. The van der Waals surface area contributed by atoms with Crippen LogP contribution in [0, 0.1) is 0 Å². The molecule has 5 nitrogen and oxygen atoms in total. The van der Waals surface area contributed by atoms with E-state index in [1.54, 1.807) is 0 Å². The van der Waals surface area contributed by atoms with Crippen molar-refractivity contribution in [1.82, 2.24) is 5.32 Å². The van der Waals surface area contributed by atoms with Gasteiger partial charge in [0, 0.05) is 19.4 Å². The predicted molar refractivity (Wildman–Crippen MR) is 85.4 cm³/mol. The minimum Gasteiger partial charge on any atom is -0.477 e. The van der Waals surface area contributed by atoms with Gasteiger partial charge in [0.1, 0.15) is 0 Å². The van der Waals surface area contributed by atoms with Crippen LogP contribution in [0.5, 0.6) is 0 Å². The van der Waals surface area contributed by atoms with Crippen molar-refractivity contribution in [3.63, 3.8) is 0 Å². The summed E-state index contributed by atoms with van der Waals surface area (Å²) < 4.78 is 12.3. The summed E-state index contributed by atoms with van der Waals surface area (Å²) in [6.07, 6.45) is 6.90. The van der Waals surface area contributed by atoms with Crippen LogP contribution < -0.4 is 5.32 Å². The zero-order valence-corrected chi connectivity index (χ0v) is 14.1. The summed E-state index contributed by atoms with van der Waals surface area (Å²) in [5.74, 6) is -0.743. The van der Waals surface area contributed by atoms with Crippen molar-refractivity contribution >= 4 is 11.9 Å². The molecular formula is C16H32FN2O3+. The highest BCUT2D eigenvalue weighted by Crippen LogP contribution is 2.07. The number of carboxylic acid groups (broad SMARTS) is 1. The predicted octanol–water partition coefficient (Wildman–Crippen LogP) is 2.35. The lowest BCUT2D eigenvalue weighted by molar-refractivity contribution is -0.883. The lowest BCUT2D eigenvalue weighted by atomic mass is 10.1. The van der Waals surface area contributed by atoms with E-state index in [2.05, 4.69) is 5.32 Å². The van der Waals surface area contributed by atoms with Gasteiger partial charge in [-0.3, -0.25) is 9.18 Å². The average Bonchev–Trinajstić information content (AvgIpc) is 2.41. The molecule has 0 atom stereocenters. The number of hydrogen-bond donors (Lipinski definition) is 2. The molecule has 0 aromatic rings. The van der Waals surface area contributed by atoms with Crippen LogP contribution in [0.3, 0.4) is 0 Å². The summed E-state index contributed by atoms with van der Waals surface area (Å²) >= 11 is 0. The van der Waals surface area contributed by atoms with Gasteiger partial charge in [0.05, 0.1) is 27.3 Å². The Morgan fingerprint density at radius 2 is 1.59 bits per heavy atom. The Kier molecular flexibility index (Phi) is 11.7. The Morgan fingerprint density at radius 3 is 2.18 bits per heavy atom. The number of aliphatic carboxylic acids is 1. The molecule has 130 valence electrons. The number of unbranched alkanes of at least 4 members (excludes halogenated alkanes) is 5. The standard InChI is InChI=1S/C16H31FN2O3/c1-19(2,14-16(21)22)13-9-12-18-15(20)10-7-5-3-4-6-8-11-17/h3-14H2,1-2H3,(H-,18,20,21,22)/p+1.